The van der Waals surface area contributed by atoms with E-state index in [0.717, 1.165) is 13.3 Å². The number of alkyl halides is 2. The molecule has 0 saturated carbocycles. The molecule has 0 fully saturated rings. The molecule has 0 amide bonds. The van der Waals surface area contributed by atoms with E-state index in [1.807, 2.05) is 0 Å². The smallest absolute Gasteiger partial charge is 0.340 e. The fraction of sp³-hybridized carbons (Fsp3) is 0.400. The van der Waals surface area contributed by atoms with E-state index in [9.17, 15) is 13.6 Å². The van der Waals surface area contributed by atoms with Crippen molar-refractivity contribution in [3.8, 4) is 5.75 Å². The van der Waals surface area contributed by atoms with Gasteiger partial charge in [0.25, 0.3) is 6.43 Å². The molecule has 2 N–H and O–H groups in total. The molecule has 1 aromatic heterocycles. The zero-order valence-corrected chi connectivity index (χ0v) is 9.37. The summed E-state index contributed by atoms with van der Waals surface area (Å²) in [6.45, 7) is -0.145. The Labute approximate surface area is 96.5 Å². The maximum atomic E-state index is 12.9. The van der Waals surface area contributed by atoms with Crippen LogP contribution < -0.4 is 10.5 Å². The molecule has 0 unspecified atom stereocenters. The van der Waals surface area contributed by atoms with Crippen molar-refractivity contribution >= 4 is 5.97 Å². The van der Waals surface area contributed by atoms with Crippen molar-refractivity contribution in [2.45, 2.75) is 13.0 Å². The lowest BCUT2D eigenvalue weighted by molar-refractivity contribution is 0.0585. The van der Waals surface area contributed by atoms with Crippen LogP contribution >= 0.6 is 0 Å². The molecular weight excluding hydrogens is 234 g/mol. The van der Waals surface area contributed by atoms with Gasteiger partial charge in [0.05, 0.1) is 37.2 Å². The van der Waals surface area contributed by atoms with Gasteiger partial charge >= 0.3 is 5.97 Å². The first-order valence-electron chi connectivity index (χ1n) is 4.69. The summed E-state index contributed by atoms with van der Waals surface area (Å²) in [5, 5.41) is 0. The van der Waals surface area contributed by atoms with Crippen molar-refractivity contribution in [2.24, 2.45) is 5.73 Å². The molecule has 0 aliphatic carbocycles. The quantitative estimate of drug-likeness (QED) is 0.810. The third-order valence-corrected chi connectivity index (χ3v) is 2.18. The van der Waals surface area contributed by atoms with Crippen LogP contribution in [0.5, 0.6) is 5.75 Å². The molecule has 1 heterocycles. The Morgan fingerprint density at radius 1 is 1.53 bits per heavy atom. The summed E-state index contributed by atoms with van der Waals surface area (Å²) in [5.74, 6) is -1.08. The first kappa shape index (κ1) is 13.3. The van der Waals surface area contributed by atoms with Crippen molar-refractivity contribution in [2.75, 3.05) is 14.2 Å². The highest BCUT2D eigenvalue weighted by atomic mass is 19.3. The predicted molar refractivity (Wildman–Crippen MR) is 55.0 cm³/mol. The molecule has 17 heavy (non-hydrogen) atoms. The second kappa shape index (κ2) is 5.53. The second-order valence-electron chi connectivity index (χ2n) is 3.06. The van der Waals surface area contributed by atoms with Crippen molar-refractivity contribution in [3.63, 3.8) is 0 Å². The second-order valence-corrected chi connectivity index (χ2v) is 3.06. The van der Waals surface area contributed by atoms with Crippen LogP contribution in [0.25, 0.3) is 0 Å². The van der Waals surface area contributed by atoms with E-state index in [1.54, 1.807) is 0 Å². The lowest BCUT2D eigenvalue weighted by Crippen LogP contribution is -2.15. The van der Waals surface area contributed by atoms with Crippen molar-refractivity contribution < 1.29 is 23.0 Å². The molecule has 5 nitrogen and oxygen atoms in total. The Morgan fingerprint density at radius 2 is 2.18 bits per heavy atom. The summed E-state index contributed by atoms with van der Waals surface area (Å²) in [6, 6.07) is 0. The number of nitrogens with two attached hydrogens (primary N) is 1. The van der Waals surface area contributed by atoms with Gasteiger partial charge in [0.15, 0.2) is 0 Å². The van der Waals surface area contributed by atoms with Crippen LogP contribution in [0.15, 0.2) is 6.20 Å². The maximum Gasteiger partial charge on any atom is 0.340 e. The number of aromatic nitrogens is 1. The minimum absolute atomic E-state index is 0.0490. The molecule has 1 rings (SSSR count). The van der Waals surface area contributed by atoms with Gasteiger partial charge in [-0.25, -0.2) is 13.6 Å². The fourth-order valence-electron chi connectivity index (χ4n) is 1.41. The fourth-order valence-corrected chi connectivity index (χ4v) is 1.41. The van der Waals surface area contributed by atoms with Crippen LogP contribution in [0.2, 0.25) is 0 Å². The number of hydrogen-bond acceptors (Lipinski definition) is 5. The average Bonchev–Trinajstić information content (AvgIpc) is 2.35. The third kappa shape index (κ3) is 2.50. The van der Waals surface area contributed by atoms with Gasteiger partial charge in [0, 0.05) is 6.54 Å². The highest BCUT2D eigenvalue weighted by molar-refractivity contribution is 5.93. The van der Waals surface area contributed by atoms with Gasteiger partial charge < -0.3 is 15.2 Å². The lowest BCUT2D eigenvalue weighted by Gasteiger charge is -2.14. The van der Waals surface area contributed by atoms with Gasteiger partial charge in [-0.1, -0.05) is 0 Å². The van der Waals surface area contributed by atoms with Gasteiger partial charge in [0.2, 0.25) is 0 Å². The van der Waals surface area contributed by atoms with E-state index in [4.69, 9.17) is 10.5 Å². The summed E-state index contributed by atoms with van der Waals surface area (Å²) >= 11 is 0. The molecule has 94 valence electrons. The first-order valence-corrected chi connectivity index (χ1v) is 4.69. The maximum absolute atomic E-state index is 12.9. The van der Waals surface area contributed by atoms with Gasteiger partial charge in [-0.05, 0) is 0 Å². The molecule has 1 aromatic rings. The molecule has 0 aliphatic rings. The molecule has 0 bridgehead atoms. The number of esters is 1. The van der Waals surface area contributed by atoms with Crippen molar-refractivity contribution in [3.05, 3.63) is 23.0 Å². The minimum Gasteiger partial charge on any atom is -0.495 e. The van der Waals surface area contributed by atoms with Crippen molar-refractivity contribution in [1.82, 2.24) is 4.98 Å². The first-order chi connectivity index (χ1) is 8.06. The van der Waals surface area contributed by atoms with Crippen molar-refractivity contribution in [1.29, 1.82) is 0 Å². The molecule has 0 saturated heterocycles. The third-order valence-electron chi connectivity index (χ3n) is 2.18. The van der Waals surface area contributed by atoms with Crippen LogP contribution in [0, 0.1) is 0 Å². The number of carbonyl (C=O) groups is 1. The van der Waals surface area contributed by atoms with E-state index in [2.05, 4.69) is 9.72 Å². The summed E-state index contributed by atoms with van der Waals surface area (Å²) in [7, 11) is 2.31. The topological polar surface area (TPSA) is 74.4 Å². The number of rotatable bonds is 4. The molecule has 0 radical (unpaired) electrons. The zero-order chi connectivity index (χ0) is 13.0. The van der Waals surface area contributed by atoms with E-state index in [-0.39, 0.29) is 23.6 Å². The van der Waals surface area contributed by atoms with Gasteiger partial charge in [-0.3, -0.25) is 4.98 Å². The minimum atomic E-state index is -2.88. The lowest BCUT2D eigenvalue weighted by atomic mass is 10.1. The number of nitrogens with zero attached hydrogens (tertiary/aromatic N) is 1. The van der Waals surface area contributed by atoms with Crippen LogP contribution in [-0.4, -0.2) is 25.2 Å². The standard InChI is InChI=1S/C10H12F2N2O3/c1-16-6-4-14-5(3-13)7(10(15)17-2)8(6)9(11)12/h4,9H,3,13H2,1-2H3. The normalized spacial score (nSPS) is 10.5. The Hall–Kier alpha value is -1.76. The highest BCUT2D eigenvalue weighted by Crippen LogP contribution is 2.33. The van der Waals surface area contributed by atoms with Crippen LogP contribution in [-0.2, 0) is 11.3 Å². The summed E-state index contributed by atoms with van der Waals surface area (Å²) in [6.07, 6.45) is -1.77. The molecule has 0 aliphatic heterocycles. The predicted octanol–water partition coefficient (Wildman–Crippen LogP) is 1.27. The number of pyridine rings is 1. The highest BCUT2D eigenvalue weighted by Gasteiger charge is 2.27. The average molecular weight is 246 g/mol. The van der Waals surface area contributed by atoms with E-state index in [1.165, 1.54) is 7.11 Å². The summed E-state index contributed by atoms with van der Waals surface area (Å²) in [5.41, 5.74) is 4.52. The number of carbonyl (C=O) groups excluding carboxylic acids is 1. The monoisotopic (exact) mass is 246 g/mol. The van der Waals surface area contributed by atoms with Gasteiger partial charge in [-0.15, -0.1) is 0 Å². The largest absolute Gasteiger partial charge is 0.495 e. The Balaban J connectivity index is 3.52. The number of methoxy groups -OCH3 is 2. The number of halogens is 2. The SMILES string of the molecule is COC(=O)c1c(CN)ncc(OC)c1C(F)F. The number of ether oxygens (including phenoxy) is 2. The molecule has 0 atom stereocenters. The van der Waals surface area contributed by atoms with E-state index < -0.39 is 18.0 Å². The molecule has 0 aromatic carbocycles. The van der Waals surface area contributed by atoms with Gasteiger partial charge in [-0.2, -0.15) is 0 Å². The Bertz CT molecular complexity index is 424. The number of hydrogen-bond donors (Lipinski definition) is 1. The molecule has 7 heteroatoms. The summed E-state index contributed by atoms with van der Waals surface area (Å²) in [4.78, 5) is 15.3. The van der Waals surface area contributed by atoms with E-state index in [0.29, 0.717) is 0 Å². The molecule has 0 spiro atoms. The molecular formula is C10H12F2N2O3. The Morgan fingerprint density at radius 3 is 2.59 bits per heavy atom. The van der Waals surface area contributed by atoms with Crippen LogP contribution in [0.1, 0.15) is 28.0 Å². The van der Waals surface area contributed by atoms with Crippen LogP contribution in [0.4, 0.5) is 8.78 Å². The van der Waals surface area contributed by atoms with Crippen LogP contribution in [0.3, 0.4) is 0 Å². The van der Waals surface area contributed by atoms with E-state index >= 15 is 0 Å². The Kier molecular flexibility index (Phi) is 4.33. The van der Waals surface area contributed by atoms with Gasteiger partial charge in [0.1, 0.15) is 5.75 Å². The zero-order valence-electron chi connectivity index (χ0n) is 9.37. The summed E-state index contributed by atoms with van der Waals surface area (Å²) < 4.78 is 35.1.